The molecule has 0 bridgehead atoms. The standard InChI is InChI=1S/C9H11BrF3N3S/c1-5-2-3-16(4-6(5)10)8-15-14-7(17-8)9(11,12)13/h5-6H,2-4H2,1H3. The Morgan fingerprint density at radius 1 is 1.41 bits per heavy atom. The van der Waals surface area contributed by atoms with E-state index in [0.29, 0.717) is 28.9 Å². The van der Waals surface area contributed by atoms with Crippen LogP contribution in [0.3, 0.4) is 0 Å². The number of nitrogens with zero attached hydrogens (tertiary/aromatic N) is 3. The molecule has 2 atom stereocenters. The van der Waals surface area contributed by atoms with Crippen LogP contribution in [0, 0.1) is 5.92 Å². The third-order valence-corrected chi connectivity index (χ3v) is 5.01. The van der Waals surface area contributed by atoms with Gasteiger partial charge in [-0.25, -0.2) is 0 Å². The van der Waals surface area contributed by atoms with Crippen LogP contribution in [0.2, 0.25) is 0 Å². The summed E-state index contributed by atoms with van der Waals surface area (Å²) >= 11 is 4.14. The Bertz CT molecular complexity index is 395. The largest absolute Gasteiger partial charge is 0.445 e. The number of rotatable bonds is 1. The van der Waals surface area contributed by atoms with Crippen molar-refractivity contribution in [2.45, 2.75) is 24.3 Å². The van der Waals surface area contributed by atoms with Crippen LogP contribution in [0.15, 0.2) is 0 Å². The summed E-state index contributed by atoms with van der Waals surface area (Å²) in [6.45, 7) is 3.53. The van der Waals surface area contributed by atoms with Gasteiger partial charge in [0.05, 0.1) is 0 Å². The van der Waals surface area contributed by atoms with Gasteiger partial charge in [0.2, 0.25) is 10.1 Å². The number of hydrogen-bond acceptors (Lipinski definition) is 4. The van der Waals surface area contributed by atoms with Crippen molar-refractivity contribution in [1.29, 1.82) is 0 Å². The van der Waals surface area contributed by atoms with Gasteiger partial charge < -0.3 is 4.90 Å². The highest BCUT2D eigenvalue weighted by Gasteiger charge is 2.37. The monoisotopic (exact) mass is 329 g/mol. The zero-order valence-corrected chi connectivity index (χ0v) is 11.4. The molecule has 1 aromatic heterocycles. The average molecular weight is 330 g/mol. The Morgan fingerprint density at radius 3 is 2.65 bits per heavy atom. The number of aromatic nitrogens is 2. The van der Waals surface area contributed by atoms with E-state index in [1.807, 2.05) is 4.90 Å². The normalized spacial score (nSPS) is 26.3. The minimum Gasteiger partial charge on any atom is -0.346 e. The van der Waals surface area contributed by atoms with Crippen molar-refractivity contribution in [1.82, 2.24) is 10.2 Å². The summed E-state index contributed by atoms with van der Waals surface area (Å²) in [5.41, 5.74) is 0. The van der Waals surface area contributed by atoms with Crippen molar-refractivity contribution in [3.8, 4) is 0 Å². The van der Waals surface area contributed by atoms with Crippen molar-refractivity contribution >= 4 is 32.4 Å². The van der Waals surface area contributed by atoms with E-state index in [9.17, 15) is 13.2 Å². The van der Waals surface area contributed by atoms with Crippen molar-refractivity contribution in [2.24, 2.45) is 5.92 Å². The average Bonchev–Trinajstić information content (AvgIpc) is 2.70. The highest BCUT2D eigenvalue weighted by molar-refractivity contribution is 9.09. The molecule has 1 fully saturated rings. The summed E-state index contributed by atoms with van der Waals surface area (Å²) in [6, 6.07) is 0. The summed E-state index contributed by atoms with van der Waals surface area (Å²) in [5, 5.41) is 6.29. The van der Waals surface area contributed by atoms with E-state index in [1.165, 1.54) is 0 Å². The van der Waals surface area contributed by atoms with Crippen LogP contribution in [0.25, 0.3) is 0 Å². The van der Waals surface area contributed by atoms with E-state index in [1.54, 1.807) is 0 Å². The van der Waals surface area contributed by atoms with Crippen LogP contribution in [0.4, 0.5) is 18.3 Å². The van der Waals surface area contributed by atoms with Gasteiger partial charge in [0, 0.05) is 17.9 Å². The fourth-order valence-corrected chi connectivity index (χ4v) is 3.01. The second-order valence-corrected chi connectivity index (χ2v) is 6.25. The van der Waals surface area contributed by atoms with E-state index in [-0.39, 0.29) is 4.83 Å². The lowest BCUT2D eigenvalue weighted by atomic mass is 10.00. The number of piperidine rings is 1. The second kappa shape index (κ2) is 4.72. The van der Waals surface area contributed by atoms with Gasteiger partial charge in [-0.2, -0.15) is 13.2 Å². The predicted octanol–water partition coefficient (Wildman–Crippen LogP) is 3.17. The van der Waals surface area contributed by atoms with E-state index in [4.69, 9.17) is 0 Å². The zero-order valence-electron chi connectivity index (χ0n) is 9.04. The third-order valence-electron chi connectivity index (χ3n) is 2.79. The molecular weight excluding hydrogens is 319 g/mol. The molecule has 0 aromatic carbocycles. The molecule has 0 N–H and O–H groups in total. The van der Waals surface area contributed by atoms with Crippen LogP contribution < -0.4 is 4.90 Å². The number of anilines is 1. The Hall–Kier alpha value is -0.370. The third kappa shape index (κ3) is 2.90. The molecule has 8 heteroatoms. The Morgan fingerprint density at radius 2 is 2.12 bits per heavy atom. The summed E-state index contributed by atoms with van der Waals surface area (Å²) in [6.07, 6.45) is -3.45. The molecule has 0 aliphatic carbocycles. The van der Waals surface area contributed by atoms with Crippen LogP contribution in [-0.2, 0) is 6.18 Å². The molecule has 0 spiro atoms. The zero-order chi connectivity index (χ0) is 12.6. The fraction of sp³-hybridized carbons (Fsp3) is 0.778. The van der Waals surface area contributed by atoms with Gasteiger partial charge in [0.15, 0.2) is 0 Å². The van der Waals surface area contributed by atoms with Crippen molar-refractivity contribution in [2.75, 3.05) is 18.0 Å². The van der Waals surface area contributed by atoms with Crippen molar-refractivity contribution in [3.63, 3.8) is 0 Å². The van der Waals surface area contributed by atoms with Gasteiger partial charge in [-0.3, -0.25) is 0 Å². The Balaban J connectivity index is 2.11. The first-order valence-corrected chi connectivity index (χ1v) is 6.91. The lowest BCUT2D eigenvalue weighted by molar-refractivity contribution is -0.138. The van der Waals surface area contributed by atoms with Crippen LogP contribution in [0.1, 0.15) is 18.4 Å². The van der Waals surface area contributed by atoms with Crippen LogP contribution in [0.5, 0.6) is 0 Å². The lowest BCUT2D eigenvalue weighted by Gasteiger charge is -2.33. The molecule has 1 aliphatic heterocycles. The fourth-order valence-electron chi connectivity index (χ4n) is 1.65. The van der Waals surface area contributed by atoms with E-state index >= 15 is 0 Å². The second-order valence-electron chi connectivity index (χ2n) is 4.12. The van der Waals surface area contributed by atoms with Crippen molar-refractivity contribution < 1.29 is 13.2 Å². The lowest BCUT2D eigenvalue weighted by Crippen LogP contribution is -2.40. The summed E-state index contributed by atoms with van der Waals surface area (Å²) in [7, 11) is 0. The molecule has 17 heavy (non-hydrogen) atoms. The number of alkyl halides is 4. The number of hydrogen-bond donors (Lipinski definition) is 0. The molecule has 0 saturated carbocycles. The summed E-state index contributed by atoms with van der Waals surface area (Å²) < 4.78 is 37.2. The van der Waals surface area contributed by atoms with Gasteiger partial charge in [-0.05, 0) is 12.3 Å². The smallest absolute Gasteiger partial charge is 0.346 e. The highest BCUT2D eigenvalue weighted by atomic mass is 79.9. The molecule has 2 heterocycles. The molecule has 1 aliphatic rings. The molecule has 0 amide bonds. The quantitative estimate of drug-likeness (QED) is 0.741. The minimum atomic E-state index is -4.40. The van der Waals surface area contributed by atoms with E-state index in [2.05, 4.69) is 33.1 Å². The minimum absolute atomic E-state index is 0.287. The maximum absolute atomic E-state index is 12.4. The van der Waals surface area contributed by atoms with Gasteiger partial charge in [0.25, 0.3) is 0 Å². The topological polar surface area (TPSA) is 29.0 Å². The van der Waals surface area contributed by atoms with Crippen LogP contribution >= 0.6 is 27.3 Å². The highest BCUT2D eigenvalue weighted by Crippen LogP contribution is 2.36. The van der Waals surface area contributed by atoms with Gasteiger partial charge >= 0.3 is 6.18 Å². The maximum atomic E-state index is 12.4. The molecule has 1 saturated heterocycles. The molecule has 1 aromatic rings. The molecule has 96 valence electrons. The molecule has 2 unspecified atom stereocenters. The van der Waals surface area contributed by atoms with Gasteiger partial charge in [-0.1, -0.05) is 34.2 Å². The Kier molecular flexibility index (Phi) is 3.63. The van der Waals surface area contributed by atoms with Crippen LogP contribution in [-0.4, -0.2) is 28.1 Å². The first kappa shape index (κ1) is 13.1. The van der Waals surface area contributed by atoms with E-state index in [0.717, 1.165) is 13.0 Å². The van der Waals surface area contributed by atoms with Gasteiger partial charge in [0.1, 0.15) is 0 Å². The number of halogens is 4. The first-order valence-electron chi connectivity index (χ1n) is 5.17. The molecule has 3 nitrogen and oxygen atoms in total. The maximum Gasteiger partial charge on any atom is 0.445 e. The molecular formula is C9H11BrF3N3S. The first-order chi connectivity index (χ1) is 7.88. The predicted molar refractivity (Wildman–Crippen MR) is 63.6 cm³/mol. The van der Waals surface area contributed by atoms with E-state index < -0.39 is 11.2 Å². The summed E-state index contributed by atoms with van der Waals surface area (Å²) in [5.74, 6) is 0.529. The summed E-state index contributed by atoms with van der Waals surface area (Å²) in [4.78, 5) is 2.14. The van der Waals surface area contributed by atoms with Gasteiger partial charge in [-0.15, -0.1) is 10.2 Å². The molecule has 2 rings (SSSR count). The Labute approximate surface area is 109 Å². The molecule has 0 radical (unpaired) electrons. The SMILES string of the molecule is CC1CCN(c2nnc(C(F)(F)F)s2)CC1Br. The van der Waals surface area contributed by atoms with Crippen molar-refractivity contribution in [3.05, 3.63) is 5.01 Å².